The number of hydrogen-bond acceptors (Lipinski definition) is 6. The van der Waals surface area contributed by atoms with Crippen molar-refractivity contribution in [3.8, 4) is 5.75 Å². The van der Waals surface area contributed by atoms with Crippen molar-refractivity contribution in [2.24, 2.45) is 0 Å². The van der Waals surface area contributed by atoms with Gasteiger partial charge in [0.1, 0.15) is 5.75 Å². The summed E-state index contributed by atoms with van der Waals surface area (Å²) in [6.45, 7) is 2.02. The molecule has 3 rings (SSSR count). The summed E-state index contributed by atoms with van der Waals surface area (Å²) in [6.07, 6.45) is 5.31. The van der Waals surface area contributed by atoms with E-state index in [-0.39, 0.29) is 0 Å². The van der Waals surface area contributed by atoms with Gasteiger partial charge in [-0.15, -0.1) is 5.10 Å². The number of aromatic nitrogens is 3. The van der Waals surface area contributed by atoms with Crippen LogP contribution in [0.15, 0.2) is 30.5 Å². The van der Waals surface area contributed by atoms with Crippen LogP contribution in [0.1, 0.15) is 19.3 Å². The van der Waals surface area contributed by atoms with Crippen molar-refractivity contribution in [3.63, 3.8) is 0 Å². The molecule has 1 aliphatic rings. The minimum atomic E-state index is 0.702. The van der Waals surface area contributed by atoms with Crippen molar-refractivity contribution in [1.29, 1.82) is 0 Å². The van der Waals surface area contributed by atoms with E-state index >= 15 is 0 Å². The highest BCUT2D eigenvalue weighted by atomic mass is 16.5. The maximum Gasteiger partial charge on any atom is 0.247 e. The molecular weight excluding hydrogens is 266 g/mol. The fourth-order valence-electron chi connectivity index (χ4n) is 2.40. The predicted molar refractivity (Wildman–Crippen MR) is 82.2 cm³/mol. The summed E-state index contributed by atoms with van der Waals surface area (Å²) >= 11 is 0. The Morgan fingerprint density at radius 2 is 1.86 bits per heavy atom. The van der Waals surface area contributed by atoms with E-state index in [9.17, 15) is 0 Å². The van der Waals surface area contributed by atoms with Crippen molar-refractivity contribution in [2.45, 2.75) is 19.3 Å². The molecule has 0 amide bonds. The highest BCUT2D eigenvalue weighted by Gasteiger charge is 2.14. The SMILES string of the molecule is COc1ccc(Nc2cnnc(N3CCCCC3)n2)cc1. The molecule has 0 atom stereocenters. The fourth-order valence-corrected chi connectivity index (χ4v) is 2.40. The first-order chi connectivity index (χ1) is 10.3. The smallest absolute Gasteiger partial charge is 0.247 e. The van der Waals surface area contributed by atoms with Crippen molar-refractivity contribution < 1.29 is 4.74 Å². The van der Waals surface area contributed by atoms with Gasteiger partial charge in [0.15, 0.2) is 5.82 Å². The molecule has 1 aliphatic heterocycles. The van der Waals surface area contributed by atoms with Crippen molar-refractivity contribution in [1.82, 2.24) is 15.2 Å². The zero-order valence-corrected chi connectivity index (χ0v) is 12.1. The van der Waals surface area contributed by atoms with E-state index in [0.717, 1.165) is 24.5 Å². The molecular formula is C15H19N5O. The molecule has 1 N–H and O–H groups in total. The minimum Gasteiger partial charge on any atom is -0.497 e. The van der Waals surface area contributed by atoms with Crippen LogP contribution >= 0.6 is 0 Å². The van der Waals surface area contributed by atoms with Gasteiger partial charge in [-0.1, -0.05) is 0 Å². The number of piperidine rings is 1. The van der Waals surface area contributed by atoms with E-state index < -0.39 is 0 Å². The summed E-state index contributed by atoms with van der Waals surface area (Å²) in [7, 11) is 1.65. The van der Waals surface area contributed by atoms with Crippen LogP contribution in [0.5, 0.6) is 5.75 Å². The molecule has 1 fully saturated rings. The quantitative estimate of drug-likeness (QED) is 0.931. The van der Waals surface area contributed by atoms with Crippen LogP contribution in [-0.4, -0.2) is 35.4 Å². The number of ether oxygens (including phenoxy) is 1. The topological polar surface area (TPSA) is 63.2 Å². The summed E-state index contributed by atoms with van der Waals surface area (Å²) in [5, 5.41) is 11.4. The zero-order chi connectivity index (χ0) is 14.5. The van der Waals surface area contributed by atoms with Gasteiger partial charge in [-0.25, -0.2) is 0 Å². The predicted octanol–water partition coefficient (Wildman–Crippen LogP) is 2.61. The molecule has 2 heterocycles. The summed E-state index contributed by atoms with van der Waals surface area (Å²) in [5.41, 5.74) is 0.945. The van der Waals surface area contributed by atoms with E-state index in [4.69, 9.17) is 4.74 Å². The van der Waals surface area contributed by atoms with Gasteiger partial charge in [0.25, 0.3) is 0 Å². The average molecular weight is 285 g/mol. The first kappa shape index (κ1) is 13.6. The first-order valence-electron chi connectivity index (χ1n) is 7.21. The monoisotopic (exact) mass is 285 g/mol. The van der Waals surface area contributed by atoms with Gasteiger partial charge in [0, 0.05) is 18.8 Å². The molecule has 0 bridgehead atoms. The standard InChI is InChI=1S/C15H19N5O/c1-21-13-7-5-12(6-8-13)17-14-11-16-19-15(18-14)20-9-3-2-4-10-20/h5-8,11H,2-4,9-10H2,1H3,(H,17,18,19). The third-order valence-corrected chi connectivity index (χ3v) is 3.55. The molecule has 1 aromatic carbocycles. The van der Waals surface area contributed by atoms with Gasteiger partial charge in [0.2, 0.25) is 5.95 Å². The van der Waals surface area contributed by atoms with Crippen molar-refractivity contribution >= 4 is 17.5 Å². The molecule has 1 aromatic heterocycles. The second-order valence-corrected chi connectivity index (χ2v) is 5.04. The van der Waals surface area contributed by atoms with Crippen molar-refractivity contribution in [2.75, 3.05) is 30.4 Å². The Morgan fingerprint density at radius 1 is 1.10 bits per heavy atom. The molecule has 1 saturated heterocycles. The molecule has 0 aliphatic carbocycles. The Morgan fingerprint density at radius 3 is 2.57 bits per heavy atom. The Bertz CT molecular complexity index is 581. The van der Waals surface area contributed by atoms with Gasteiger partial charge < -0.3 is 15.0 Å². The number of nitrogens with zero attached hydrogens (tertiary/aromatic N) is 4. The lowest BCUT2D eigenvalue weighted by molar-refractivity contribution is 0.415. The van der Waals surface area contributed by atoms with Crippen LogP contribution in [0, 0.1) is 0 Å². The Balaban J connectivity index is 1.72. The Hall–Kier alpha value is -2.37. The lowest BCUT2D eigenvalue weighted by atomic mass is 10.1. The molecule has 0 saturated carbocycles. The zero-order valence-electron chi connectivity index (χ0n) is 12.1. The van der Waals surface area contributed by atoms with Gasteiger partial charge in [-0.3, -0.25) is 0 Å². The van der Waals surface area contributed by atoms with Crippen LogP contribution in [0.4, 0.5) is 17.5 Å². The maximum absolute atomic E-state index is 5.15. The molecule has 110 valence electrons. The molecule has 0 radical (unpaired) electrons. The Kier molecular flexibility index (Phi) is 4.14. The lowest BCUT2D eigenvalue weighted by Crippen LogP contribution is -2.31. The minimum absolute atomic E-state index is 0.702. The average Bonchev–Trinajstić information content (AvgIpc) is 2.57. The second kappa shape index (κ2) is 6.39. The van der Waals surface area contributed by atoms with Gasteiger partial charge in [0.05, 0.1) is 13.3 Å². The number of methoxy groups -OCH3 is 1. The third-order valence-electron chi connectivity index (χ3n) is 3.55. The third kappa shape index (κ3) is 3.39. The highest BCUT2D eigenvalue weighted by Crippen LogP contribution is 2.20. The fraction of sp³-hybridized carbons (Fsp3) is 0.400. The van der Waals surface area contributed by atoms with E-state index in [0.29, 0.717) is 11.8 Å². The van der Waals surface area contributed by atoms with E-state index in [1.54, 1.807) is 13.3 Å². The Labute approximate surface area is 124 Å². The summed E-state index contributed by atoms with van der Waals surface area (Å²) < 4.78 is 5.15. The van der Waals surface area contributed by atoms with Gasteiger partial charge in [-0.2, -0.15) is 10.1 Å². The van der Waals surface area contributed by atoms with E-state index in [1.165, 1.54) is 19.3 Å². The molecule has 6 nitrogen and oxygen atoms in total. The van der Waals surface area contributed by atoms with Crippen molar-refractivity contribution in [3.05, 3.63) is 30.5 Å². The van der Waals surface area contributed by atoms with Crippen LogP contribution in [-0.2, 0) is 0 Å². The molecule has 2 aromatic rings. The molecule has 21 heavy (non-hydrogen) atoms. The van der Waals surface area contributed by atoms with Crippen LogP contribution < -0.4 is 15.0 Å². The number of rotatable bonds is 4. The summed E-state index contributed by atoms with van der Waals surface area (Å²) in [5.74, 6) is 2.24. The maximum atomic E-state index is 5.15. The number of anilines is 3. The normalized spacial score (nSPS) is 14.8. The highest BCUT2D eigenvalue weighted by molar-refractivity contribution is 5.57. The largest absolute Gasteiger partial charge is 0.497 e. The van der Waals surface area contributed by atoms with E-state index in [1.807, 2.05) is 24.3 Å². The summed E-state index contributed by atoms with van der Waals surface area (Å²) in [4.78, 5) is 6.73. The van der Waals surface area contributed by atoms with Crippen LogP contribution in [0.25, 0.3) is 0 Å². The van der Waals surface area contributed by atoms with Gasteiger partial charge >= 0.3 is 0 Å². The number of benzene rings is 1. The molecule has 0 spiro atoms. The number of nitrogens with one attached hydrogen (secondary N) is 1. The van der Waals surface area contributed by atoms with E-state index in [2.05, 4.69) is 25.4 Å². The molecule has 0 unspecified atom stereocenters. The summed E-state index contributed by atoms with van der Waals surface area (Å²) in [6, 6.07) is 7.70. The van der Waals surface area contributed by atoms with Gasteiger partial charge in [-0.05, 0) is 43.5 Å². The first-order valence-corrected chi connectivity index (χ1v) is 7.21. The number of hydrogen-bond donors (Lipinski definition) is 1. The van der Waals surface area contributed by atoms with Crippen LogP contribution in [0.2, 0.25) is 0 Å². The lowest BCUT2D eigenvalue weighted by Gasteiger charge is -2.26. The molecule has 6 heteroatoms. The second-order valence-electron chi connectivity index (χ2n) is 5.04. The van der Waals surface area contributed by atoms with Crippen LogP contribution in [0.3, 0.4) is 0 Å².